The zero-order chi connectivity index (χ0) is 18.0. The Morgan fingerprint density at radius 3 is 2.56 bits per heavy atom. The Bertz CT molecular complexity index is 948. The van der Waals surface area contributed by atoms with Crippen LogP contribution in [0.5, 0.6) is 0 Å². The fourth-order valence-corrected chi connectivity index (χ4v) is 2.27. The van der Waals surface area contributed by atoms with E-state index < -0.39 is 17.6 Å². The molecule has 0 aliphatic heterocycles. The van der Waals surface area contributed by atoms with Crippen LogP contribution in [0.4, 0.5) is 10.1 Å². The summed E-state index contributed by atoms with van der Waals surface area (Å²) in [6.07, 6.45) is 1.14. The van der Waals surface area contributed by atoms with E-state index >= 15 is 0 Å². The Kier molecular flexibility index (Phi) is 4.30. The number of hydrogen-bond donors (Lipinski definition) is 2. The summed E-state index contributed by atoms with van der Waals surface area (Å²) in [5.41, 5.74) is 6.81. The number of oxazole rings is 1. The van der Waals surface area contributed by atoms with Crippen molar-refractivity contribution in [3.63, 3.8) is 0 Å². The monoisotopic (exact) mass is 339 g/mol. The summed E-state index contributed by atoms with van der Waals surface area (Å²) < 4.78 is 19.2. The molecule has 6 nitrogen and oxygen atoms in total. The lowest BCUT2D eigenvalue weighted by atomic mass is 10.1. The van der Waals surface area contributed by atoms with Crippen LogP contribution in [0.3, 0.4) is 0 Å². The average Bonchev–Trinajstić information content (AvgIpc) is 3.07. The Morgan fingerprint density at radius 2 is 1.88 bits per heavy atom. The molecular formula is C18H14FN3O3. The highest BCUT2D eigenvalue weighted by Gasteiger charge is 2.20. The molecule has 0 radical (unpaired) electrons. The number of carbonyl (C=O) groups excluding carboxylic acids is 2. The predicted octanol–water partition coefficient (Wildman–Crippen LogP) is 3.14. The van der Waals surface area contributed by atoms with Gasteiger partial charge in [-0.3, -0.25) is 9.59 Å². The van der Waals surface area contributed by atoms with E-state index in [0.29, 0.717) is 5.56 Å². The molecule has 0 aliphatic carbocycles. The van der Waals surface area contributed by atoms with Gasteiger partial charge >= 0.3 is 0 Å². The second-order valence-corrected chi connectivity index (χ2v) is 5.41. The van der Waals surface area contributed by atoms with Crippen LogP contribution in [0.2, 0.25) is 0 Å². The standard InChI is InChI=1S/C18H14FN3O3/c1-10-2-4-11(5-3-10)16-15(21-9-25-16)18(24)22-14-8-12(17(20)23)6-7-13(14)19/h2-9H,1H3,(H2,20,23)(H,22,24). The number of primary amides is 1. The maximum atomic E-state index is 13.9. The van der Waals surface area contributed by atoms with Crippen LogP contribution in [0.1, 0.15) is 26.4 Å². The van der Waals surface area contributed by atoms with Gasteiger partial charge in [-0.1, -0.05) is 29.8 Å². The van der Waals surface area contributed by atoms with E-state index in [0.717, 1.165) is 18.0 Å². The number of benzene rings is 2. The third-order valence-corrected chi connectivity index (χ3v) is 3.60. The first-order chi connectivity index (χ1) is 12.0. The third-order valence-electron chi connectivity index (χ3n) is 3.60. The normalized spacial score (nSPS) is 10.5. The zero-order valence-corrected chi connectivity index (χ0v) is 13.2. The molecule has 0 saturated heterocycles. The zero-order valence-electron chi connectivity index (χ0n) is 13.2. The number of nitrogens with two attached hydrogens (primary N) is 1. The van der Waals surface area contributed by atoms with Gasteiger partial charge in [-0.15, -0.1) is 0 Å². The quantitative estimate of drug-likeness (QED) is 0.763. The molecule has 3 rings (SSSR count). The van der Waals surface area contributed by atoms with Gasteiger partial charge < -0.3 is 15.5 Å². The van der Waals surface area contributed by atoms with E-state index in [9.17, 15) is 14.0 Å². The van der Waals surface area contributed by atoms with Crippen molar-refractivity contribution in [1.82, 2.24) is 4.98 Å². The van der Waals surface area contributed by atoms with E-state index in [1.165, 1.54) is 12.1 Å². The van der Waals surface area contributed by atoms with E-state index in [1.807, 2.05) is 19.1 Å². The molecule has 7 heteroatoms. The Balaban J connectivity index is 1.91. The van der Waals surface area contributed by atoms with Crippen molar-refractivity contribution in [2.75, 3.05) is 5.32 Å². The van der Waals surface area contributed by atoms with Crippen LogP contribution >= 0.6 is 0 Å². The van der Waals surface area contributed by atoms with Crippen LogP contribution in [0.15, 0.2) is 53.3 Å². The van der Waals surface area contributed by atoms with E-state index in [4.69, 9.17) is 10.2 Å². The smallest absolute Gasteiger partial charge is 0.278 e. The van der Waals surface area contributed by atoms with Crippen LogP contribution < -0.4 is 11.1 Å². The summed E-state index contributed by atoms with van der Waals surface area (Å²) in [5.74, 6) is -1.81. The topological polar surface area (TPSA) is 98.2 Å². The second kappa shape index (κ2) is 6.56. The molecule has 126 valence electrons. The number of nitrogens with zero attached hydrogens (tertiary/aromatic N) is 1. The summed E-state index contributed by atoms with van der Waals surface area (Å²) in [4.78, 5) is 27.6. The number of hydrogen-bond acceptors (Lipinski definition) is 4. The van der Waals surface area contributed by atoms with Crippen molar-refractivity contribution in [1.29, 1.82) is 0 Å². The molecule has 0 bridgehead atoms. The molecule has 25 heavy (non-hydrogen) atoms. The number of amides is 2. The number of nitrogens with one attached hydrogen (secondary N) is 1. The number of anilines is 1. The molecule has 3 N–H and O–H groups in total. The molecule has 0 aliphatic rings. The third kappa shape index (κ3) is 3.40. The van der Waals surface area contributed by atoms with E-state index in [1.54, 1.807) is 12.1 Å². The van der Waals surface area contributed by atoms with Gasteiger partial charge in [0, 0.05) is 11.1 Å². The molecule has 0 spiro atoms. The minimum Gasteiger partial charge on any atom is -0.443 e. The highest BCUT2D eigenvalue weighted by Crippen LogP contribution is 2.25. The van der Waals surface area contributed by atoms with Crippen LogP contribution in [0, 0.1) is 12.7 Å². The number of rotatable bonds is 4. The maximum Gasteiger partial charge on any atom is 0.278 e. The Hall–Kier alpha value is -3.48. The summed E-state index contributed by atoms with van der Waals surface area (Å²) in [7, 11) is 0. The predicted molar refractivity (Wildman–Crippen MR) is 89.5 cm³/mol. The maximum absolute atomic E-state index is 13.9. The Labute approximate surface area is 142 Å². The lowest BCUT2D eigenvalue weighted by Crippen LogP contribution is -2.16. The van der Waals surface area contributed by atoms with Gasteiger partial charge in [0.2, 0.25) is 5.91 Å². The van der Waals surface area contributed by atoms with Crippen molar-refractivity contribution in [3.8, 4) is 11.3 Å². The van der Waals surface area contributed by atoms with Gasteiger partial charge in [0.15, 0.2) is 17.8 Å². The lowest BCUT2D eigenvalue weighted by Gasteiger charge is -2.07. The number of halogens is 1. The fourth-order valence-electron chi connectivity index (χ4n) is 2.27. The van der Waals surface area contributed by atoms with Gasteiger partial charge in [0.25, 0.3) is 5.91 Å². The van der Waals surface area contributed by atoms with Gasteiger partial charge in [0.05, 0.1) is 5.69 Å². The fraction of sp³-hybridized carbons (Fsp3) is 0.0556. The second-order valence-electron chi connectivity index (χ2n) is 5.41. The first-order valence-corrected chi connectivity index (χ1v) is 7.37. The molecule has 1 aromatic heterocycles. The van der Waals surface area contributed by atoms with Crippen LogP contribution in [0.25, 0.3) is 11.3 Å². The van der Waals surface area contributed by atoms with Crippen molar-refractivity contribution in [2.24, 2.45) is 5.73 Å². The SMILES string of the molecule is Cc1ccc(-c2ocnc2C(=O)Nc2cc(C(N)=O)ccc2F)cc1. The number of carbonyl (C=O) groups is 2. The van der Waals surface area contributed by atoms with Gasteiger partial charge in [-0.05, 0) is 25.1 Å². The molecule has 2 aromatic carbocycles. The first kappa shape index (κ1) is 16.4. The van der Waals surface area contributed by atoms with Gasteiger partial charge in [-0.2, -0.15) is 0 Å². The molecule has 1 heterocycles. The van der Waals surface area contributed by atoms with Gasteiger partial charge in [0.1, 0.15) is 5.82 Å². The van der Waals surface area contributed by atoms with Crippen molar-refractivity contribution < 1.29 is 18.4 Å². The van der Waals surface area contributed by atoms with Crippen LogP contribution in [-0.2, 0) is 0 Å². The minimum absolute atomic E-state index is 0.00716. The highest BCUT2D eigenvalue weighted by molar-refractivity contribution is 6.07. The van der Waals surface area contributed by atoms with Crippen molar-refractivity contribution in [3.05, 3.63) is 71.5 Å². The van der Waals surface area contributed by atoms with E-state index in [2.05, 4.69) is 10.3 Å². The first-order valence-electron chi connectivity index (χ1n) is 7.37. The van der Waals surface area contributed by atoms with Gasteiger partial charge in [-0.25, -0.2) is 9.37 Å². The average molecular weight is 339 g/mol. The molecule has 0 fully saturated rings. The minimum atomic E-state index is -0.725. The lowest BCUT2D eigenvalue weighted by molar-refractivity contribution is 0.0995. The summed E-state index contributed by atoms with van der Waals surface area (Å²) in [6.45, 7) is 1.94. The summed E-state index contributed by atoms with van der Waals surface area (Å²) in [6, 6.07) is 10.8. The van der Waals surface area contributed by atoms with E-state index in [-0.39, 0.29) is 22.7 Å². The summed E-state index contributed by atoms with van der Waals surface area (Å²) in [5, 5.41) is 2.39. The molecule has 0 atom stereocenters. The highest BCUT2D eigenvalue weighted by atomic mass is 19.1. The Morgan fingerprint density at radius 1 is 1.16 bits per heavy atom. The number of aryl methyl sites for hydroxylation is 1. The number of aromatic nitrogens is 1. The molecular weight excluding hydrogens is 325 g/mol. The van der Waals surface area contributed by atoms with Crippen LogP contribution in [-0.4, -0.2) is 16.8 Å². The van der Waals surface area contributed by atoms with Crippen molar-refractivity contribution in [2.45, 2.75) is 6.92 Å². The largest absolute Gasteiger partial charge is 0.443 e. The van der Waals surface area contributed by atoms with Crippen molar-refractivity contribution >= 4 is 17.5 Å². The molecule has 3 aromatic rings. The summed E-state index contributed by atoms with van der Waals surface area (Å²) >= 11 is 0. The molecule has 0 saturated carbocycles. The molecule has 0 unspecified atom stereocenters. The molecule has 2 amide bonds.